The molecule has 0 radical (unpaired) electrons. The predicted octanol–water partition coefficient (Wildman–Crippen LogP) is 3.15. The summed E-state index contributed by atoms with van der Waals surface area (Å²) in [5.74, 6) is -0.177. The number of nitrogens with zero attached hydrogens (tertiary/aromatic N) is 1. The molecule has 2 rings (SSSR count). The van der Waals surface area contributed by atoms with E-state index in [9.17, 15) is 9.90 Å². The van der Waals surface area contributed by atoms with Crippen molar-refractivity contribution in [3.05, 3.63) is 27.9 Å². The number of rotatable bonds is 6. The highest BCUT2D eigenvalue weighted by Crippen LogP contribution is 2.26. The monoisotopic (exact) mass is 310 g/mol. The molecule has 0 bridgehead atoms. The first-order valence-corrected chi connectivity index (χ1v) is 8.33. The van der Waals surface area contributed by atoms with E-state index >= 15 is 0 Å². The minimum Gasteiger partial charge on any atom is -0.388 e. The Morgan fingerprint density at radius 1 is 1.45 bits per heavy atom. The maximum absolute atomic E-state index is 12.1. The average molecular weight is 310 g/mol. The lowest BCUT2D eigenvalue weighted by Gasteiger charge is -2.25. The van der Waals surface area contributed by atoms with Gasteiger partial charge in [-0.3, -0.25) is 4.79 Å². The number of nitrogens with one attached hydrogen (secondary N) is 1. The molecule has 0 unspecified atom stereocenters. The van der Waals surface area contributed by atoms with E-state index in [2.05, 4.69) is 10.3 Å². The molecule has 0 fully saturated rings. The highest BCUT2D eigenvalue weighted by Gasteiger charge is 2.23. The van der Waals surface area contributed by atoms with E-state index in [1.54, 1.807) is 17.5 Å². The number of aromatic nitrogens is 1. The van der Waals surface area contributed by atoms with E-state index in [0.717, 1.165) is 10.6 Å². The molecule has 0 spiro atoms. The first-order chi connectivity index (χ1) is 9.58. The fraction of sp³-hybridized carbons (Fsp3) is 0.429. The molecular formula is C14H18N2O2S2. The van der Waals surface area contributed by atoms with Gasteiger partial charge in [0.05, 0.1) is 11.8 Å². The maximum atomic E-state index is 12.1. The smallest absolute Gasteiger partial charge is 0.263 e. The SMILES string of the molecule is CCC(O)(CC)CNC(=O)c1cnc(-c2ccsc2)s1. The second-order valence-electron chi connectivity index (χ2n) is 4.66. The number of thiophene rings is 1. The van der Waals surface area contributed by atoms with Crippen LogP contribution in [0.1, 0.15) is 36.4 Å². The van der Waals surface area contributed by atoms with Crippen molar-refractivity contribution in [3.8, 4) is 10.6 Å². The van der Waals surface area contributed by atoms with Crippen molar-refractivity contribution in [1.29, 1.82) is 0 Å². The minimum atomic E-state index is -0.823. The number of hydrogen-bond donors (Lipinski definition) is 2. The molecule has 0 aliphatic heterocycles. The Kier molecular flexibility index (Phi) is 4.91. The van der Waals surface area contributed by atoms with Gasteiger partial charge in [-0.05, 0) is 24.3 Å². The minimum absolute atomic E-state index is 0.177. The first-order valence-electron chi connectivity index (χ1n) is 6.57. The van der Waals surface area contributed by atoms with Crippen molar-refractivity contribution in [2.75, 3.05) is 6.54 Å². The average Bonchev–Trinajstić information content (AvgIpc) is 3.14. The second kappa shape index (κ2) is 6.47. The first kappa shape index (κ1) is 15.2. The van der Waals surface area contributed by atoms with Gasteiger partial charge < -0.3 is 10.4 Å². The van der Waals surface area contributed by atoms with E-state index < -0.39 is 5.60 Å². The van der Waals surface area contributed by atoms with Crippen LogP contribution in [0.2, 0.25) is 0 Å². The van der Waals surface area contributed by atoms with Crippen molar-refractivity contribution in [2.45, 2.75) is 32.3 Å². The molecule has 0 aromatic carbocycles. The Morgan fingerprint density at radius 2 is 2.20 bits per heavy atom. The lowest BCUT2D eigenvalue weighted by molar-refractivity contribution is 0.0314. The summed E-state index contributed by atoms with van der Waals surface area (Å²) in [6.07, 6.45) is 2.82. The van der Waals surface area contributed by atoms with E-state index in [1.165, 1.54) is 11.3 Å². The second-order valence-corrected chi connectivity index (χ2v) is 6.47. The predicted molar refractivity (Wildman–Crippen MR) is 83.3 cm³/mol. The lowest BCUT2D eigenvalue weighted by atomic mass is 9.98. The standard InChI is InChI=1S/C14H18N2O2S2/c1-3-14(18,4-2)9-16-12(17)11-7-15-13(20-11)10-5-6-19-8-10/h5-8,18H,3-4,9H2,1-2H3,(H,16,17). The largest absolute Gasteiger partial charge is 0.388 e. The van der Waals surface area contributed by atoms with Crippen molar-refractivity contribution in [2.24, 2.45) is 0 Å². The molecular weight excluding hydrogens is 292 g/mol. The summed E-state index contributed by atoms with van der Waals surface area (Å²) in [4.78, 5) is 16.9. The van der Waals surface area contributed by atoms with Crippen LogP contribution < -0.4 is 5.32 Å². The molecule has 2 N–H and O–H groups in total. The zero-order chi connectivity index (χ0) is 14.6. The summed E-state index contributed by atoms with van der Waals surface area (Å²) < 4.78 is 0. The fourth-order valence-corrected chi connectivity index (χ4v) is 3.27. The topological polar surface area (TPSA) is 62.2 Å². The number of carbonyl (C=O) groups is 1. The van der Waals surface area contributed by atoms with Crippen LogP contribution in [0, 0.1) is 0 Å². The molecule has 1 amide bonds. The fourth-order valence-electron chi connectivity index (χ4n) is 1.73. The summed E-state index contributed by atoms with van der Waals surface area (Å²) in [6, 6.07) is 1.98. The molecule has 4 nitrogen and oxygen atoms in total. The third kappa shape index (κ3) is 3.45. The summed E-state index contributed by atoms with van der Waals surface area (Å²) in [5.41, 5.74) is 0.217. The summed E-state index contributed by atoms with van der Waals surface area (Å²) >= 11 is 2.97. The van der Waals surface area contributed by atoms with E-state index in [1.807, 2.05) is 30.7 Å². The van der Waals surface area contributed by atoms with Gasteiger partial charge >= 0.3 is 0 Å². The van der Waals surface area contributed by atoms with E-state index in [4.69, 9.17) is 0 Å². The molecule has 2 heterocycles. The Hall–Kier alpha value is -1.24. The highest BCUT2D eigenvalue weighted by atomic mass is 32.1. The van der Waals surface area contributed by atoms with Crippen LogP contribution >= 0.6 is 22.7 Å². The molecule has 6 heteroatoms. The van der Waals surface area contributed by atoms with Gasteiger partial charge in [0.1, 0.15) is 9.88 Å². The van der Waals surface area contributed by atoms with Crippen LogP contribution in [0.5, 0.6) is 0 Å². The highest BCUT2D eigenvalue weighted by molar-refractivity contribution is 7.17. The molecule has 2 aromatic rings. The van der Waals surface area contributed by atoms with Crippen molar-refractivity contribution in [3.63, 3.8) is 0 Å². The Morgan fingerprint density at radius 3 is 2.80 bits per heavy atom. The maximum Gasteiger partial charge on any atom is 0.263 e. The van der Waals surface area contributed by atoms with Crippen LogP contribution in [-0.2, 0) is 0 Å². The van der Waals surface area contributed by atoms with Gasteiger partial charge in [0.25, 0.3) is 5.91 Å². The Bertz CT molecular complexity index is 560. The molecule has 0 atom stereocenters. The summed E-state index contributed by atoms with van der Waals surface area (Å²) in [6.45, 7) is 4.10. The molecule has 0 aliphatic carbocycles. The zero-order valence-corrected chi connectivity index (χ0v) is 13.2. The number of carbonyl (C=O) groups excluding carboxylic acids is 1. The Labute approximate surface area is 126 Å². The molecule has 20 heavy (non-hydrogen) atoms. The normalized spacial score (nSPS) is 11.6. The molecule has 0 saturated carbocycles. The molecule has 0 saturated heterocycles. The van der Waals surface area contributed by atoms with Crippen molar-refractivity contribution in [1.82, 2.24) is 10.3 Å². The third-order valence-corrected chi connectivity index (χ3v) is 5.12. The van der Waals surface area contributed by atoms with Gasteiger partial charge in [-0.1, -0.05) is 13.8 Å². The zero-order valence-electron chi connectivity index (χ0n) is 11.5. The van der Waals surface area contributed by atoms with E-state index in [-0.39, 0.29) is 12.5 Å². The van der Waals surface area contributed by atoms with Gasteiger partial charge in [0, 0.05) is 17.5 Å². The number of hydrogen-bond acceptors (Lipinski definition) is 5. The van der Waals surface area contributed by atoms with Crippen molar-refractivity contribution >= 4 is 28.6 Å². The number of aliphatic hydroxyl groups is 1. The molecule has 0 aliphatic rings. The van der Waals surface area contributed by atoms with Crippen LogP contribution in [0.15, 0.2) is 23.0 Å². The summed E-state index contributed by atoms with van der Waals surface area (Å²) in [5, 5.41) is 17.8. The van der Waals surface area contributed by atoms with Gasteiger partial charge in [-0.2, -0.15) is 11.3 Å². The van der Waals surface area contributed by atoms with Crippen LogP contribution in [-0.4, -0.2) is 28.1 Å². The van der Waals surface area contributed by atoms with Crippen LogP contribution in [0.3, 0.4) is 0 Å². The number of thiazole rings is 1. The van der Waals surface area contributed by atoms with Gasteiger partial charge in [0.2, 0.25) is 0 Å². The number of amides is 1. The Balaban J connectivity index is 2.00. The molecule has 108 valence electrons. The quantitative estimate of drug-likeness (QED) is 0.861. The van der Waals surface area contributed by atoms with Gasteiger partial charge in [0.15, 0.2) is 0 Å². The third-order valence-electron chi connectivity index (χ3n) is 3.39. The van der Waals surface area contributed by atoms with Crippen LogP contribution in [0.25, 0.3) is 10.6 Å². The van der Waals surface area contributed by atoms with Gasteiger partial charge in [-0.25, -0.2) is 4.98 Å². The van der Waals surface area contributed by atoms with Crippen LogP contribution in [0.4, 0.5) is 0 Å². The van der Waals surface area contributed by atoms with Gasteiger partial charge in [-0.15, -0.1) is 11.3 Å². The lowest BCUT2D eigenvalue weighted by Crippen LogP contribution is -2.41. The summed E-state index contributed by atoms with van der Waals surface area (Å²) in [7, 11) is 0. The van der Waals surface area contributed by atoms with E-state index in [0.29, 0.717) is 17.7 Å². The van der Waals surface area contributed by atoms with Crippen molar-refractivity contribution < 1.29 is 9.90 Å². The molecule has 2 aromatic heterocycles.